The zero-order valence-electron chi connectivity index (χ0n) is 13.4. The maximum absolute atomic E-state index is 4.53. The van der Waals surface area contributed by atoms with E-state index in [1.165, 1.54) is 6.33 Å². The van der Waals surface area contributed by atoms with Gasteiger partial charge in [-0.25, -0.2) is 19.6 Å². The van der Waals surface area contributed by atoms with Gasteiger partial charge in [0.1, 0.15) is 22.6 Å². The van der Waals surface area contributed by atoms with Crippen LogP contribution in [0.5, 0.6) is 0 Å². The van der Waals surface area contributed by atoms with Gasteiger partial charge in [-0.1, -0.05) is 30.3 Å². The largest absolute Gasteiger partial charge is 0.369 e. The molecule has 0 radical (unpaired) electrons. The Morgan fingerprint density at radius 3 is 2.88 bits per heavy atom. The van der Waals surface area contributed by atoms with Gasteiger partial charge in [0.05, 0.1) is 5.39 Å². The number of benzene rings is 1. The van der Waals surface area contributed by atoms with Crippen LogP contribution in [-0.2, 0) is 13.5 Å². The molecule has 0 unspecified atom stereocenters. The maximum atomic E-state index is 4.53. The van der Waals surface area contributed by atoms with Crippen LogP contribution < -0.4 is 5.32 Å². The maximum Gasteiger partial charge on any atom is 0.181 e. The number of rotatable bonds is 5. The molecule has 0 saturated heterocycles. The van der Waals surface area contributed by atoms with Crippen LogP contribution >= 0.6 is 15.9 Å². The molecule has 2 N–H and O–H groups in total. The zero-order valence-corrected chi connectivity index (χ0v) is 15.0. The van der Waals surface area contributed by atoms with Gasteiger partial charge >= 0.3 is 0 Å². The number of aromatic amines is 1. The lowest BCUT2D eigenvalue weighted by atomic mass is 10.2. The molecule has 0 spiro atoms. The van der Waals surface area contributed by atoms with E-state index in [9.17, 15) is 0 Å². The molecule has 0 saturated carbocycles. The molecular formula is C16H15BrN8. The Labute approximate surface area is 151 Å². The van der Waals surface area contributed by atoms with E-state index < -0.39 is 0 Å². The summed E-state index contributed by atoms with van der Waals surface area (Å²) in [6.45, 7) is 0.664. The van der Waals surface area contributed by atoms with E-state index in [-0.39, 0.29) is 0 Å². The molecule has 0 aliphatic carbocycles. The Bertz CT molecular complexity index is 1010. The number of nitrogens with zero attached hydrogens (tertiary/aromatic N) is 6. The van der Waals surface area contributed by atoms with Crippen molar-refractivity contribution in [2.75, 3.05) is 11.9 Å². The molecule has 25 heavy (non-hydrogen) atoms. The van der Waals surface area contributed by atoms with Crippen LogP contribution in [0.1, 0.15) is 5.82 Å². The SMILES string of the molecule is Cn1nc(Br)c2c(NCCc3nc(-c4ccccc4)n[nH]3)ncnc21. The van der Waals surface area contributed by atoms with Crippen LogP contribution in [0.15, 0.2) is 41.3 Å². The van der Waals surface area contributed by atoms with Gasteiger partial charge < -0.3 is 5.32 Å². The Kier molecular flexibility index (Phi) is 4.14. The van der Waals surface area contributed by atoms with Gasteiger partial charge in [0.2, 0.25) is 0 Å². The molecule has 4 rings (SSSR count). The second-order valence-electron chi connectivity index (χ2n) is 5.48. The normalized spacial score (nSPS) is 11.1. The number of nitrogens with one attached hydrogen (secondary N) is 2. The molecule has 126 valence electrons. The lowest BCUT2D eigenvalue weighted by Gasteiger charge is -2.05. The molecule has 3 heterocycles. The molecule has 0 fully saturated rings. The van der Waals surface area contributed by atoms with Crippen LogP contribution in [0, 0.1) is 0 Å². The van der Waals surface area contributed by atoms with Crippen molar-refractivity contribution in [3.8, 4) is 11.4 Å². The molecule has 0 bridgehead atoms. The number of halogens is 1. The summed E-state index contributed by atoms with van der Waals surface area (Å²) in [5, 5.41) is 15.8. The second-order valence-corrected chi connectivity index (χ2v) is 6.23. The second kappa shape index (κ2) is 6.60. The molecule has 4 aromatic rings. The number of hydrogen-bond donors (Lipinski definition) is 2. The Morgan fingerprint density at radius 2 is 2.04 bits per heavy atom. The van der Waals surface area contributed by atoms with E-state index >= 15 is 0 Å². The fraction of sp³-hybridized carbons (Fsp3) is 0.188. The van der Waals surface area contributed by atoms with Gasteiger partial charge in [0.15, 0.2) is 11.5 Å². The lowest BCUT2D eigenvalue weighted by Crippen LogP contribution is -2.08. The highest BCUT2D eigenvalue weighted by molar-refractivity contribution is 9.10. The van der Waals surface area contributed by atoms with Gasteiger partial charge in [-0.15, -0.1) is 0 Å². The van der Waals surface area contributed by atoms with E-state index in [4.69, 9.17) is 0 Å². The fourth-order valence-corrected chi connectivity index (χ4v) is 3.20. The molecule has 3 aromatic heterocycles. The highest BCUT2D eigenvalue weighted by Gasteiger charge is 2.13. The number of anilines is 1. The van der Waals surface area contributed by atoms with Crippen molar-refractivity contribution in [2.24, 2.45) is 7.05 Å². The predicted octanol–water partition coefficient (Wildman–Crippen LogP) is 2.57. The first-order valence-electron chi connectivity index (χ1n) is 7.76. The molecule has 8 nitrogen and oxygen atoms in total. The predicted molar refractivity (Wildman–Crippen MR) is 98.0 cm³/mol. The Morgan fingerprint density at radius 1 is 1.20 bits per heavy atom. The van der Waals surface area contributed by atoms with Crippen LogP contribution in [0.2, 0.25) is 0 Å². The summed E-state index contributed by atoms with van der Waals surface area (Å²) in [4.78, 5) is 13.1. The first-order chi connectivity index (χ1) is 12.2. The summed E-state index contributed by atoms with van der Waals surface area (Å²) in [7, 11) is 1.85. The van der Waals surface area contributed by atoms with E-state index in [2.05, 4.69) is 51.5 Å². The average molecular weight is 399 g/mol. The van der Waals surface area contributed by atoms with E-state index in [0.717, 1.165) is 32.8 Å². The van der Waals surface area contributed by atoms with Crippen molar-refractivity contribution >= 4 is 32.8 Å². The van der Waals surface area contributed by atoms with Crippen molar-refractivity contribution in [3.05, 3.63) is 47.1 Å². The highest BCUT2D eigenvalue weighted by atomic mass is 79.9. The fourth-order valence-electron chi connectivity index (χ4n) is 2.60. The Balaban J connectivity index is 1.46. The third-order valence-electron chi connectivity index (χ3n) is 3.80. The third-order valence-corrected chi connectivity index (χ3v) is 4.35. The summed E-state index contributed by atoms with van der Waals surface area (Å²) >= 11 is 3.45. The Hall–Kier alpha value is -2.81. The zero-order chi connectivity index (χ0) is 17.2. The first-order valence-corrected chi connectivity index (χ1v) is 8.55. The van der Waals surface area contributed by atoms with Crippen molar-refractivity contribution in [1.29, 1.82) is 0 Å². The minimum absolute atomic E-state index is 0.664. The van der Waals surface area contributed by atoms with Gasteiger partial charge in [-0.3, -0.25) is 5.10 Å². The third kappa shape index (κ3) is 3.10. The molecular weight excluding hydrogens is 384 g/mol. The quantitative estimate of drug-likeness (QED) is 0.536. The van der Waals surface area contributed by atoms with Gasteiger partial charge in [-0.2, -0.15) is 10.2 Å². The number of aromatic nitrogens is 7. The number of aryl methyl sites for hydroxylation is 1. The number of H-pyrrole nitrogens is 1. The molecule has 0 aliphatic rings. The topological polar surface area (TPSA) is 97.2 Å². The smallest absolute Gasteiger partial charge is 0.181 e. The number of fused-ring (bicyclic) bond motifs is 1. The van der Waals surface area contributed by atoms with Crippen molar-refractivity contribution in [3.63, 3.8) is 0 Å². The lowest BCUT2D eigenvalue weighted by molar-refractivity contribution is 0.777. The van der Waals surface area contributed by atoms with Crippen molar-refractivity contribution in [2.45, 2.75) is 6.42 Å². The standard InChI is InChI=1S/C16H15BrN8/c1-25-16-12(13(17)24-25)15(19-9-20-16)18-8-7-11-21-14(23-22-11)10-5-3-2-4-6-10/h2-6,9H,7-8H2,1H3,(H,18,19,20)(H,21,22,23). The van der Waals surface area contributed by atoms with Crippen molar-refractivity contribution < 1.29 is 0 Å². The van der Waals surface area contributed by atoms with E-state index in [1.54, 1.807) is 4.68 Å². The molecule has 9 heteroatoms. The number of hydrogen-bond acceptors (Lipinski definition) is 6. The molecule has 1 aromatic carbocycles. The monoisotopic (exact) mass is 398 g/mol. The summed E-state index contributed by atoms with van der Waals surface area (Å²) in [5.41, 5.74) is 1.77. The van der Waals surface area contributed by atoms with Crippen molar-refractivity contribution in [1.82, 2.24) is 34.9 Å². The van der Waals surface area contributed by atoms with Gasteiger partial charge in [-0.05, 0) is 15.9 Å². The molecule has 0 amide bonds. The summed E-state index contributed by atoms with van der Waals surface area (Å²) in [6.07, 6.45) is 2.23. The van der Waals surface area contributed by atoms with Gasteiger partial charge in [0, 0.05) is 25.6 Å². The minimum atomic E-state index is 0.664. The summed E-state index contributed by atoms with van der Waals surface area (Å²) in [6, 6.07) is 9.89. The first kappa shape index (κ1) is 15.7. The average Bonchev–Trinajstić information content (AvgIpc) is 3.21. The molecule has 0 aliphatic heterocycles. The summed E-state index contributed by atoms with van der Waals surface area (Å²) in [5.74, 6) is 2.27. The van der Waals surface area contributed by atoms with Crippen LogP contribution in [0.25, 0.3) is 22.4 Å². The molecule has 0 atom stereocenters. The van der Waals surface area contributed by atoms with Crippen LogP contribution in [-0.4, -0.2) is 41.5 Å². The van der Waals surface area contributed by atoms with Gasteiger partial charge in [0.25, 0.3) is 0 Å². The minimum Gasteiger partial charge on any atom is -0.369 e. The van der Waals surface area contributed by atoms with Crippen LogP contribution in [0.3, 0.4) is 0 Å². The summed E-state index contributed by atoms with van der Waals surface area (Å²) < 4.78 is 2.44. The van der Waals surface area contributed by atoms with Crippen LogP contribution in [0.4, 0.5) is 5.82 Å². The van der Waals surface area contributed by atoms with E-state index in [0.29, 0.717) is 18.8 Å². The van der Waals surface area contributed by atoms with E-state index in [1.807, 2.05) is 37.4 Å². The highest BCUT2D eigenvalue weighted by Crippen LogP contribution is 2.26.